The molecule has 1 aliphatic rings. The second-order valence-electron chi connectivity index (χ2n) is 10.2. The van der Waals surface area contributed by atoms with Crippen LogP contribution in [0, 0.1) is 0 Å². The van der Waals surface area contributed by atoms with Gasteiger partial charge in [0, 0.05) is 6.42 Å². The van der Waals surface area contributed by atoms with Crippen molar-refractivity contribution in [2.45, 2.75) is 134 Å². The molecule has 0 saturated carbocycles. The maximum absolute atomic E-state index is 12.6. The van der Waals surface area contributed by atoms with E-state index in [4.69, 9.17) is 9.47 Å². The minimum Gasteiger partial charge on any atom is -0.394 e. The zero-order chi connectivity index (χ0) is 28.9. The van der Waals surface area contributed by atoms with E-state index in [0.717, 1.165) is 44.9 Å². The summed E-state index contributed by atoms with van der Waals surface area (Å²) in [4.78, 5) is 12.6. The number of rotatable bonds is 21. The third-order valence-corrected chi connectivity index (χ3v) is 6.79. The van der Waals surface area contributed by atoms with E-state index in [0.29, 0.717) is 6.42 Å². The van der Waals surface area contributed by atoms with Crippen molar-refractivity contribution in [2.24, 2.45) is 0 Å². The molecule has 1 saturated heterocycles. The van der Waals surface area contributed by atoms with Crippen LogP contribution >= 0.6 is 0 Å². The highest BCUT2D eigenvalue weighted by Crippen LogP contribution is 2.22. The van der Waals surface area contributed by atoms with Crippen molar-refractivity contribution in [3.05, 3.63) is 36.5 Å². The van der Waals surface area contributed by atoms with E-state index in [2.05, 4.69) is 30.5 Å². The molecule has 1 aliphatic heterocycles. The van der Waals surface area contributed by atoms with Crippen LogP contribution in [0.15, 0.2) is 36.5 Å². The van der Waals surface area contributed by atoms with E-state index < -0.39 is 49.5 Å². The fourth-order valence-electron chi connectivity index (χ4n) is 4.31. The first-order chi connectivity index (χ1) is 18.8. The van der Waals surface area contributed by atoms with Gasteiger partial charge in [-0.05, 0) is 39.0 Å². The van der Waals surface area contributed by atoms with Crippen molar-refractivity contribution < 1.29 is 39.8 Å². The second-order valence-corrected chi connectivity index (χ2v) is 10.2. The summed E-state index contributed by atoms with van der Waals surface area (Å²) in [6.07, 6.45) is 15.2. The molecule has 0 aromatic heterocycles. The van der Waals surface area contributed by atoms with Gasteiger partial charge < -0.3 is 40.3 Å². The molecule has 0 bridgehead atoms. The largest absolute Gasteiger partial charge is 0.394 e. The van der Waals surface area contributed by atoms with Gasteiger partial charge in [0.25, 0.3) is 0 Å². The highest BCUT2D eigenvalue weighted by Gasteiger charge is 2.44. The number of hydrogen-bond acceptors (Lipinski definition) is 8. The monoisotopic (exact) mass is 555 g/mol. The van der Waals surface area contributed by atoms with Crippen molar-refractivity contribution in [1.82, 2.24) is 5.32 Å². The fraction of sp³-hybridized carbons (Fsp3) is 0.767. The van der Waals surface area contributed by atoms with Gasteiger partial charge in [-0.2, -0.15) is 0 Å². The van der Waals surface area contributed by atoms with Crippen molar-refractivity contribution in [3.63, 3.8) is 0 Å². The quantitative estimate of drug-likeness (QED) is 0.0935. The number of unbranched alkanes of at least 4 members (excludes halogenated alkanes) is 8. The average Bonchev–Trinajstić information content (AvgIpc) is 2.93. The number of carbonyl (C=O) groups is 1. The van der Waals surface area contributed by atoms with Crippen LogP contribution in [0.25, 0.3) is 0 Å². The van der Waals surface area contributed by atoms with E-state index in [-0.39, 0.29) is 12.5 Å². The number of amides is 1. The first-order valence-electron chi connectivity index (χ1n) is 14.7. The lowest BCUT2D eigenvalue weighted by Gasteiger charge is -2.40. The van der Waals surface area contributed by atoms with Crippen LogP contribution in [0.5, 0.6) is 0 Å². The molecule has 0 aromatic rings. The molecule has 1 rings (SSSR count). The lowest BCUT2D eigenvalue weighted by molar-refractivity contribution is -0.302. The summed E-state index contributed by atoms with van der Waals surface area (Å²) in [5.41, 5.74) is 0. The predicted molar refractivity (Wildman–Crippen MR) is 152 cm³/mol. The number of ether oxygens (including phenoxy) is 2. The van der Waals surface area contributed by atoms with Crippen LogP contribution in [-0.2, 0) is 14.3 Å². The first-order valence-corrected chi connectivity index (χ1v) is 14.7. The fourth-order valence-corrected chi connectivity index (χ4v) is 4.31. The molecule has 7 atom stereocenters. The Hall–Kier alpha value is -1.59. The molecule has 39 heavy (non-hydrogen) atoms. The molecule has 6 N–H and O–H groups in total. The molecular weight excluding hydrogens is 502 g/mol. The summed E-state index contributed by atoms with van der Waals surface area (Å²) >= 11 is 0. The SMILES string of the molecule is C/C=C/CC/C=C/CC/C=C/C(O)C(COC1OC(CO)C(O)C(O)C1O)NC(=O)CCCCCCCCC. The van der Waals surface area contributed by atoms with E-state index in [1.165, 1.54) is 25.7 Å². The molecule has 0 aromatic carbocycles. The molecular formula is C30H53NO8. The van der Waals surface area contributed by atoms with Crippen LogP contribution < -0.4 is 5.32 Å². The van der Waals surface area contributed by atoms with Gasteiger partial charge >= 0.3 is 0 Å². The Labute approximate surface area is 234 Å². The molecule has 1 amide bonds. The maximum Gasteiger partial charge on any atom is 0.220 e. The third-order valence-electron chi connectivity index (χ3n) is 6.79. The number of allylic oxidation sites excluding steroid dienone is 5. The lowest BCUT2D eigenvalue weighted by Crippen LogP contribution is -2.60. The number of aliphatic hydroxyl groups is 5. The van der Waals surface area contributed by atoms with Crippen LogP contribution in [0.4, 0.5) is 0 Å². The number of hydrogen-bond donors (Lipinski definition) is 6. The number of carbonyl (C=O) groups excluding carboxylic acids is 1. The third kappa shape index (κ3) is 15.1. The van der Waals surface area contributed by atoms with Crippen molar-refractivity contribution in [1.29, 1.82) is 0 Å². The Kier molecular flexibility index (Phi) is 20.1. The van der Waals surface area contributed by atoms with Crippen LogP contribution in [0.2, 0.25) is 0 Å². The molecule has 0 aliphatic carbocycles. The molecule has 7 unspecified atom stereocenters. The smallest absolute Gasteiger partial charge is 0.220 e. The Morgan fingerprint density at radius 3 is 2.15 bits per heavy atom. The maximum atomic E-state index is 12.6. The summed E-state index contributed by atoms with van der Waals surface area (Å²) in [5, 5.41) is 53.3. The van der Waals surface area contributed by atoms with Gasteiger partial charge in [0.1, 0.15) is 24.4 Å². The molecule has 9 heteroatoms. The minimum atomic E-state index is -1.57. The van der Waals surface area contributed by atoms with E-state index in [9.17, 15) is 30.3 Å². The predicted octanol–water partition coefficient (Wildman–Crippen LogP) is 3.04. The summed E-state index contributed by atoms with van der Waals surface area (Å²) < 4.78 is 11.0. The zero-order valence-corrected chi connectivity index (χ0v) is 23.9. The molecule has 1 heterocycles. The van der Waals surface area contributed by atoms with Crippen molar-refractivity contribution >= 4 is 5.91 Å². The molecule has 226 valence electrons. The number of nitrogens with one attached hydrogen (secondary N) is 1. The Morgan fingerprint density at radius 2 is 1.51 bits per heavy atom. The van der Waals surface area contributed by atoms with E-state index in [1.807, 2.05) is 19.1 Å². The Bertz CT molecular complexity index is 711. The highest BCUT2D eigenvalue weighted by molar-refractivity contribution is 5.76. The van der Waals surface area contributed by atoms with Gasteiger partial charge in [-0.1, -0.05) is 81.9 Å². The van der Waals surface area contributed by atoms with Gasteiger partial charge in [0.05, 0.1) is 25.4 Å². The van der Waals surface area contributed by atoms with Crippen molar-refractivity contribution in [3.8, 4) is 0 Å². The summed E-state index contributed by atoms with van der Waals surface area (Å²) in [6.45, 7) is 3.40. The molecule has 0 radical (unpaired) electrons. The highest BCUT2D eigenvalue weighted by atomic mass is 16.7. The van der Waals surface area contributed by atoms with Gasteiger partial charge in [-0.25, -0.2) is 0 Å². The molecule has 1 fully saturated rings. The van der Waals surface area contributed by atoms with Crippen molar-refractivity contribution in [2.75, 3.05) is 13.2 Å². The van der Waals surface area contributed by atoms with E-state index >= 15 is 0 Å². The van der Waals surface area contributed by atoms with Gasteiger partial charge in [0.15, 0.2) is 6.29 Å². The zero-order valence-electron chi connectivity index (χ0n) is 23.9. The summed E-state index contributed by atoms with van der Waals surface area (Å²) in [6, 6.07) is -0.818. The summed E-state index contributed by atoms with van der Waals surface area (Å²) in [5.74, 6) is -0.206. The lowest BCUT2D eigenvalue weighted by atomic mass is 9.99. The van der Waals surface area contributed by atoms with Gasteiger partial charge in [-0.3, -0.25) is 4.79 Å². The Morgan fingerprint density at radius 1 is 0.897 bits per heavy atom. The van der Waals surface area contributed by atoms with Crippen LogP contribution in [-0.4, -0.2) is 87.5 Å². The molecule has 0 spiro atoms. The first kappa shape index (κ1) is 35.4. The van der Waals surface area contributed by atoms with Gasteiger partial charge in [-0.15, -0.1) is 0 Å². The summed E-state index contributed by atoms with van der Waals surface area (Å²) in [7, 11) is 0. The second kappa shape index (κ2) is 22.1. The standard InChI is InChI=1S/C30H53NO8/c1-3-5-7-9-11-12-14-15-17-19-24(33)23(31-26(34)20-18-16-13-10-8-6-4-2)22-38-30-29(37)28(36)27(35)25(21-32)39-30/h3,5,11-12,17,19,23-25,27-30,32-33,35-37H,4,6-10,13-16,18,20-22H2,1-2H3,(H,31,34)/b5-3+,12-11+,19-17+. The average molecular weight is 556 g/mol. The van der Waals surface area contributed by atoms with Crippen LogP contribution in [0.1, 0.15) is 90.9 Å². The van der Waals surface area contributed by atoms with E-state index in [1.54, 1.807) is 6.08 Å². The van der Waals surface area contributed by atoms with Gasteiger partial charge in [0.2, 0.25) is 5.91 Å². The van der Waals surface area contributed by atoms with Crippen LogP contribution in [0.3, 0.4) is 0 Å². The Balaban J connectivity index is 2.65. The normalized spacial score (nSPS) is 25.6. The minimum absolute atomic E-state index is 0.206. The number of aliphatic hydroxyl groups excluding tert-OH is 5. The topological polar surface area (TPSA) is 149 Å². The molecule has 9 nitrogen and oxygen atoms in total.